The number of piperidine rings is 1. The third-order valence-corrected chi connectivity index (χ3v) is 4.15. The van der Waals surface area contributed by atoms with Crippen LogP contribution in [-0.4, -0.2) is 34.9 Å². The van der Waals surface area contributed by atoms with Crippen LogP contribution in [0.4, 0.5) is 5.82 Å². The van der Waals surface area contributed by atoms with Gasteiger partial charge in [-0.25, -0.2) is 4.98 Å². The first-order valence-electron chi connectivity index (χ1n) is 6.57. The van der Waals surface area contributed by atoms with E-state index in [1.807, 2.05) is 18.2 Å². The summed E-state index contributed by atoms with van der Waals surface area (Å²) in [5.41, 5.74) is 0. The monoisotopic (exact) mass is 260 g/mol. The lowest BCUT2D eigenvalue weighted by Gasteiger charge is -2.42. The molecule has 2 atom stereocenters. The molecule has 1 aromatic heterocycles. The second-order valence-corrected chi connectivity index (χ2v) is 5.40. The number of carboxylic acid groups (broad SMARTS) is 1. The Kier molecular flexibility index (Phi) is 2.97. The summed E-state index contributed by atoms with van der Waals surface area (Å²) >= 11 is 0. The van der Waals surface area contributed by atoms with Crippen LogP contribution in [0.15, 0.2) is 24.4 Å². The zero-order valence-corrected chi connectivity index (χ0v) is 10.5. The lowest BCUT2D eigenvalue weighted by molar-refractivity contribution is -0.146. The fourth-order valence-corrected chi connectivity index (χ4v) is 3.21. The summed E-state index contributed by atoms with van der Waals surface area (Å²) in [6.45, 7) is 1.19. The number of hydrogen-bond donors (Lipinski definition) is 1. The van der Waals surface area contributed by atoms with Gasteiger partial charge in [0.1, 0.15) is 11.6 Å². The Balaban J connectivity index is 1.80. The SMILES string of the molecule is O=C(O)C1CC2CN(c3ccccn3)CC(C1)C2=O. The van der Waals surface area contributed by atoms with E-state index in [0.29, 0.717) is 25.9 Å². The second-order valence-electron chi connectivity index (χ2n) is 5.40. The molecule has 1 N–H and O–H groups in total. The number of aromatic nitrogens is 1. The molecule has 100 valence electrons. The molecule has 2 bridgehead atoms. The smallest absolute Gasteiger partial charge is 0.306 e. The molecule has 3 rings (SSSR count). The van der Waals surface area contributed by atoms with Gasteiger partial charge in [-0.05, 0) is 25.0 Å². The summed E-state index contributed by atoms with van der Waals surface area (Å²) in [6, 6.07) is 5.72. The molecular weight excluding hydrogens is 244 g/mol. The van der Waals surface area contributed by atoms with Gasteiger partial charge >= 0.3 is 5.97 Å². The summed E-state index contributed by atoms with van der Waals surface area (Å²) in [5, 5.41) is 9.13. The highest BCUT2D eigenvalue weighted by Crippen LogP contribution is 2.36. The number of Topliss-reactive ketones (excluding diaryl/α,β-unsaturated/α-hetero) is 1. The molecule has 1 aliphatic carbocycles. The number of nitrogens with zero attached hydrogens (tertiary/aromatic N) is 2. The van der Waals surface area contributed by atoms with E-state index in [4.69, 9.17) is 5.11 Å². The zero-order valence-electron chi connectivity index (χ0n) is 10.5. The van der Waals surface area contributed by atoms with Crippen molar-refractivity contribution < 1.29 is 14.7 Å². The van der Waals surface area contributed by atoms with Crippen molar-refractivity contribution in [1.29, 1.82) is 0 Å². The molecule has 2 fully saturated rings. The van der Waals surface area contributed by atoms with Gasteiger partial charge < -0.3 is 10.0 Å². The minimum atomic E-state index is -0.770. The highest BCUT2D eigenvalue weighted by atomic mass is 16.4. The van der Waals surface area contributed by atoms with Crippen LogP contribution in [0.2, 0.25) is 0 Å². The number of pyridine rings is 1. The fraction of sp³-hybridized carbons (Fsp3) is 0.500. The normalized spacial score (nSPS) is 30.2. The van der Waals surface area contributed by atoms with Gasteiger partial charge in [0.05, 0.1) is 5.92 Å². The number of ketones is 1. The third-order valence-electron chi connectivity index (χ3n) is 4.15. The van der Waals surface area contributed by atoms with E-state index in [1.165, 1.54) is 0 Å². The van der Waals surface area contributed by atoms with Crippen molar-refractivity contribution in [3.63, 3.8) is 0 Å². The highest BCUT2D eigenvalue weighted by molar-refractivity contribution is 5.88. The molecule has 1 aliphatic heterocycles. The predicted octanol–water partition coefficient (Wildman–Crippen LogP) is 1.20. The van der Waals surface area contributed by atoms with Gasteiger partial charge in [0.25, 0.3) is 0 Å². The van der Waals surface area contributed by atoms with Crippen molar-refractivity contribution in [2.75, 3.05) is 18.0 Å². The minimum Gasteiger partial charge on any atom is -0.481 e. The van der Waals surface area contributed by atoms with Gasteiger partial charge in [-0.1, -0.05) is 6.07 Å². The first-order chi connectivity index (χ1) is 9.15. The van der Waals surface area contributed by atoms with Gasteiger partial charge in [-0.2, -0.15) is 0 Å². The molecule has 1 saturated carbocycles. The van der Waals surface area contributed by atoms with Crippen LogP contribution < -0.4 is 4.90 Å². The largest absolute Gasteiger partial charge is 0.481 e. The Bertz CT molecular complexity index is 485. The van der Waals surface area contributed by atoms with Crippen molar-refractivity contribution in [1.82, 2.24) is 4.98 Å². The molecule has 0 aromatic carbocycles. The molecule has 0 spiro atoms. The van der Waals surface area contributed by atoms with Crippen LogP contribution in [0.25, 0.3) is 0 Å². The number of anilines is 1. The van der Waals surface area contributed by atoms with Gasteiger partial charge in [0.15, 0.2) is 0 Å². The van der Waals surface area contributed by atoms with E-state index in [0.717, 1.165) is 5.82 Å². The molecule has 2 aliphatic rings. The minimum absolute atomic E-state index is 0.157. The van der Waals surface area contributed by atoms with Crippen molar-refractivity contribution in [3.05, 3.63) is 24.4 Å². The molecule has 0 radical (unpaired) electrons. The first kappa shape index (κ1) is 12.1. The van der Waals surface area contributed by atoms with Crippen LogP contribution in [0.3, 0.4) is 0 Å². The predicted molar refractivity (Wildman–Crippen MR) is 68.8 cm³/mol. The van der Waals surface area contributed by atoms with E-state index in [9.17, 15) is 9.59 Å². The summed E-state index contributed by atoms with van der Waals surface area (Å²) in [6.07, 6.45) is 2.67. The Labute approximate surface area is 111 Å². The number of rotatable bonds is 2. The second kappa shape index (κ2) is 4.64. The Morgan fingerprint density at radius 1 is 1.26 bits per heavy atom. The number of carboxylic acids is 1. The summed E-state index contributed by atoms with van der Waals surface area (Å²) in [5.74, 6) is -0.331. The molecule has 19 heavy (non-hydrogen) atoms. The van der Waals surface area contributed by atoms with Gasteiger partial charge in [0, 0.05) is 31.1 Å². The first-order valence-corrected chi connectivity index (χ1v) is 6.57. The zero-order chi connectivity index (χ0) is 13.4. The quantitative estimate of drug-likeness (QED) is 0.865. The maximum absolute atomic E-state index is 12.1. The van der Waals surface area contributed by atoms with Gasteiger partial charge in [0.2, 0.25) is 0 Å². The van der Waals surface area contributed by atoms with Gasteiger partial charge in [-0.15, -0.1) is 0 Å². The Morgan fingerprint density at radius 3 is 2.47 bits per heavy atom. The lowest BCUT2D eigenvalue weighted by atomic mass is 9.71. The van der Waals surface area contributed by atoms with Crippen LogP contribution in [0.5, 0.6) is 0 Å². The number of carbonyl (C=O) groups excluding carboxylic acids is 1. The van der Waals surface area contributed by atoms with Crippen LogP contribution in [-0.2, 0) is 9.59 Å². The molecule has 2 heterocycles. The fourth-order valence-electron chi connectivity index (χ4n) is 3.21. The summed E-state index contributed by atoms with van der Waals surface area (Å²) in [4.78, 5) is 29.6. The third kappa shape index (κ3) is 2.20. The molecule has 2 unspecified atom stereocenters. The van der Waals surface area contributed by atoms with E-state index in [2.05, 4.69) is 9.88 Å². The van der Waals surface area contributed by atoms with E-state index >= 15 is 0 Å². The number of fused-ring (bicyclic) bond motifs is 2. The van der Waals surface area contributed by atoms with Crippen LogP contribution >= 0.6 is 0 Å². The van der Waals surface area contributed by atoms with E-state index in [-0.39, 0.29) is 23.5 Å². The lowest BCUT2D eigenvalue weighted by Crippen LogP contribution is -2.52. The van der Waals surface area contributed by atoms with E-state index < -0.39 is 5.97 Å². The van der Waals surface area contributed by atoms with Crippen molar-refractivity contribution in [2.24, 2.45) is 17.8 Å². The number of hydrogen-bond acceptors (Lipinski definition) is 4. The number of carbonyl (C=O) groups is 2. The summed E-state index contributed by atoms with van der Waals surface area (Å²) in [7, 11) is 0. The molecular formula is C14H16N2O3. The molecule has 0 amide bonds. The van der Waals surface area contributed by atoms with Crippen LogP contribution in [0, 0.1) is 17.8 Å². The molecule has 5 nitrogen and oxygen atoms in total. The Morgan fingerprint density at radius 2 is 1.95 bits per heavy atom. The maximum Gasteiger partial charge on any atom is 0.306 e. The Hall–Kier alpha value is -1.91. The van der Waals surface area contributed by atoms with Gasteiger partial charge in [-0.3, -0.25) is 9.59 Å². The highest BCUT2D eigenvalue weighted by Gasteiger charge is 2.44. The van der Waals surface area contributed by atoms with Crippen molar-refractivity contribution in [2.45, 2.75) is 12.8 Å². The standard InChI is InChI=1S/C14H16N2O3/c17-13-10-5-9(14(18)19)6-11(13)8-16(7-10)12-3-1-2-4-15-12/h1-4,9-11H,5-8H2,(H,18,19). The average molecular weight is 260 g/mol. The topological polar surface area (TPSA) is 70.5 Å². The number of aliphatic carboxylic acids is 1. The molecule has 1 aromatic rings. The average Bonchev–Trinajstić information content (AvgIpc) is 2.39. The van der Waals surface area contributed by atoms with Crippen LogP contribution in [0.1, 0.15) is 12.8 Å². The van der Waals surface area contributed by atoms with Crippen molar-refractivity contribution in [3.8, 4) is 0 Å². The molecule has 1 saturated heterocycles. The molecule has 5 heteroatoms. The summed E-state index contributed by atoms with van der Waals surface area (Å²) < 4.78 is 0. The van der Waals surface area contributed by atoms with Crippen molar-refractivity contribution >= 4 is 17.6 Å². The maximum atomic E-state index is 12.1. The van der Waals surface area contributed by atoms with E-state index in [1.54, 1.807) is 6.20 Å².